The van der Waals surface area contributed by atoms with Crippen LogP contribution in [0.15, 0.2) is 35.8 Å². The number of hydrogen-bond acceptors (Lipinski definition) is 4. The number of anilines is 1. The van der Waals surface area contributed by atoms with Crippen molar-refractivity contribution in [2.45, 2.75) is 12.8 Å². The van der Waals surface area contributed by atoms with Gasteiger partial charge in [-0.25, -0.2) is 9.37 Å². The van der Waals surface area contributed by atoms with Gasteiger partial charge in [0.15, 0.2) is 5.13 Å². The van der Waals surface area contributed by atoms with Gasteiger partial charge in [0.05, 0.1) is 0 Å². The van der Waals surface area contributed by atoms with E-state index in [2.05, 4.69) is 4.98 Å². The zero-order chi connectivity index (χ0) is 15.5. The Bertz CT molecular complexity index is 690. The molecule has 1 aromatic carbocycles. The highest BCUT2D eigenvalue weighted by Crippen LogP contribution is 2.22. The number of carbonyl (C=O) groups excluding carboxylic acids is 2. The Labute approximate surface area is 131 Å². The Morgan fingerprint density at radius 3 is 2.95 bits per heavy atom. The van der Waals surface area contributed by atoms with Crippen molar-refractivity contribution < 1.29 is 14.0 Å². The summed E-state index contributed by atoms with van der Waals surface area (Å²) in [5, 5.41) is 2.25. The molecule has 1 fully saturated rings. The first kappa shape index (κ1) is 14.6. The maximum Gasteiger partial charge on any atom is 0.261 e. The van der Waals surface area contributed by atoms with E-state index < -0.39 is 5.82 Å². The summed E-state index contributed by atoms with van der Waals surface area (Å²) in [6, 6.07) is 5.52. The molecule has 22 heavy (non-hydrogen) atoms. The minimum absolute atomic E-state index is 0.0219. The van der Waals surface area contributed by atoms with Crippen LogP contribution in [-0.2, 0) is 4.79 Å². The fourth-order valence-corrected chi connectivity index (χ4v) is 3.00. The van der Waals surface area contributed by atoms with Gasteiger partial charge in [0.2, 0.25) is 5.91 Å². The summed E-state index contributed by atoms with van der Waals surface area (Å²) in [4.78, 5) is 31.7. The van der Waals surface area contributed by atoms with E-state index >= 15 is 0 Å². The standard InChI is InChI=1S/C15H14FN3O2S/c16-12-4-1-3-11(9-12)14(21)19(15-17-6-8-22-15)10-18-7-2-5-13(18)20/h1,3-4,6,8-9H,2,5,7,10H2. The lowest BCUT2D eigenvalue weighted by molar-refractivity contribution is -0.127. The van der Waals surface area contributed by atoms with Gasteiger partial charge >= 0.3 is 0 Å². The Hall–Kier alpha value is -2.28. The first-order valence-electron chi connectivity index (χ1n) is 6.90. The van der Waals surface area contributed by atoms with Gasteiger partial charge in [0.1, 0.15) is 12.5 Å². The molecule has 5 nitrogen and oxygen atoms in total. The van der Waals surface area contributed by atoms with E-state index in [1.54, 1.807) is 22.5 Å². The lowest BCUT2D eigenvalue weighted by Gasteiger charge is -2.26. The predicted octanol–water partition coefficient (Wildman–Crippen LogP) is 2.51. The maximum absolute atomic E-state index is 13.4. The Morgan fingerprint density at radius 1 is 1.45 bits per heavy atom. The molecule has 3 rings (SSSR count). The van der Waals surface area contributed by atoms with Gasteiger partial charge in [-0.1, -0.05) is 6.07 Å². The molecule has 1 aliphatic rings. The van der Waals surface area contributed by atoms with E-state index in [0.29, 0.717) is 18.1 Å². The highest BCUT2D eigenvalue weighted by Gasteiger charge is 2.27. The van der Waals surface area contributed by atoms with E-state index in [1.807, 2.05) is 0 Å². The van der Waals surface area contributed by atoms with Crippen molar-refractivity contribution in [3.8, 4) is 0 Å². The third kappa shape index (κ3) is 2.99. The molecule has 0 N–H and O–H groups in total. The second kappa shape index (κ2) is 6.23. The van der Waals surface area contributed by atoms with Crippen LogP contribution in [0, 0.1) is 5.82 Å². The Morgan fingerprint density at radius 2 is 2.32 bits per heavy atom. The van der Waals surface area contributed by atoms with Crippen molar-refractivity contribution in [2.75, 3.05) is 18.1 Å². The number of thiazole rings is 1. The first-order chi connectivity index (χ1) is 10.6. The normalized spacial score (nSPS) is 14.4. The van der Waals surface area contributed by atoms with Crippen molar-refractivity contribution in [3.05, 3.63) is 47.2 Å². The van der Waals surface area contributed by atoms with Crippen molar-refractivity contribution in [1.82, 2.24) is 9.88 Å². The molecular weight excluding hydrogens is 305 g/mol. The summed E-state index contributed by atoms with van der Waals surface area (Å²) >= 11 is 1.31. The van der Waals surface area contributed by atoms with E-state index in [4.69, 9.17) is 0 Å². The van der Waals surface area contributed by atoms with Crippen LogP contribution in [0.4, 0.5) is 9.52 Å². The minimum Gasteiger partial charge on any atom is -0.324 e. The SMILES string of the molecule is O=C1CCCN1CN(C(=O)c1cccc(F)c1)c1nccs1. The fraction of sp³-hybridized carbons (Fsp3) is 0.267. The van der Waals surface area contributed by atoms with Gasteiger partial charge in [0, 0.05) is 30.1 Å². The molecular formula is C15H14FN3O2S. The molecule has 1 aliphatic heterocycles. The number of rotatable bonds is 4. The van der Waals surface area contributed by atoms with Gasteiger partial charge in [-0.15, -0.1) is 11.3 Å². The molecule has 7 heteroatoms. The number of carbonyl (C=O) groups is 2. The van der Waals surface area contributed by atoms with Crippen LogP contribution in [0.25, 0.3) is 0 Å². The summed E-state index contributed by atoms with van der Waals surface area (Å²) in [6.07, 6.45) is 2.89. The monoisotopic (exact) mass is 319 g/mol. The van der Waals surface area contributed by atoms with E-state index in [-0.39, 0.29) is 24.0 Å². The smallest absolute Gasteiger partial charge is 0.261 e. The Balaban J connectivity index is 1.88. The molecule has 2 aromatic rings. The number of aromatic nitrogens is 1. The molecule has 0 radical (unpaired) electrons. The average Bonchev–Trinajstić information content (AvgIpc) is 3.16. The predicted molar refractivity (Wildman–Crippen MR) is 81.1 cm³/mol. The lowest BCUT2D eigenvalue weighted by atomic mass is 10.2. The number of likely N-dealkylation sites (tertiary alicyclic amines) is 1. The number of nitrogens with zero attached hydrogens (tertiary/aromatic N) is 3. The zero-order valence-electron chi connectivity index (χ0n) is 11.7. The van der Waals surface area contributed by atoms with Crippen LogP contribution in [0.2, 0.25) is 0 Å². The summed E-state index contributed by atoms with van der Waals surface area (Å²) in [5.74, 6) is -0.815. The van der Waals surface area contributed by atoms with Crippen LogP contribution in [0.1, 0.15) is 23.2 Å². The van der Waals surface area contributed by atoms with Gasteiger partial charge in [-0.3, -0.25) is 14.5 Å². The lowest BCUT2D eigenvalue weighted by Crippen LogP contribution is -2.42. The van der Waals surface area contributed by atoms with E-state index in [9.17, 15) is 14.0 Å². The molecule has 0 aliphatic carbocycles. The summed E-state index contributed by atoms with van der Waals surface area (Å²) in [5.41, 5.74) is 0.238. The third-order valence-corrected chi connectivity index (χ3v) is 4.24. The molecule has 1 saturated heterocycles. The van der Waals surface area contributed by atoms with Gasteiger partial charge in [0.25, 0.3) is 5.91 Å². The molecule has 0 spiro atoms. The fourth-order valence-electron chi connectivity index (χ4n) is 2.36. The minimum atomic E-state index is -0.470. The van der Waals surface area contributed by atoms with Crippen LogP contribution in [0.5, 0.6) is 0 Å². The zero-order valence-corrected chi connectivity index (χ0v) is 12.6. The quantitative estimate of drug-likeness (QED) is 0.870. The highest BCUT2D eigenvalue weighted by atomic mass is 32.1. The molecule has 2 heterocycles. The highest BCUT2D eigenvalue weighted by molar-refractivity contribution is 7.13. The number of benzene rings is 1. The van der Waals surface area contributed by atoms with Crippen molar-refractivity contribution in [2.24, 2.45) is 0 Å². The molecule has 0 saturated carbocycles. The topological polar surface area (TPSA) is 53.5 Å². The third-order valence-electron chi connectivity index (χ3n) is 3.45. The van der Waals surface area contributed by atoms with E-state index in [1.165, 1.54) is 34.4 Å². The number of amides is 2. The number of halogens is 1. The Kier molecular flexibility index (Phi) is 4.15. The first-order valence-corrected chi connectivity index (χ1v) is 7.78. The summed E-state index contributed by atoms with van der Waals surface area (Å²) in [7, 11) is 0. The van der Waals surface area contributed by atoms with Gasteiger partial charge in [-0.05, 0) is 24.6 Å². The van der Waals surface area contributed by atoms with Crippen LogP contribution in [0.3, 0.4) is 0 Å². The summed E-state index contributed by atoms with van der Waals surface area (Å²) < 4.78 is 13.4. The molecule has 1 aromatic heterocycles. The molecule has 2 amide bonds. The molecule has 0 atom stereocenters. The van der Waals surface area contributed by atoms with Gasteiger partial charge in [-0.2, -0.15) is 0 Å². The second-order valence-corrected chi connectivity index (χ2v) is 5.83. The molecule has 0 unspecified atom stereocenters. The van der Waals surface area contributed by atoms with E-state index in [0.717, 1.165) is 6.42 Å². The second-order valence-electron chi connectivity index (χ2n) is 4.96. The molecule has 0 bridgehead atoms. The van der Waals surface area contributed by atoms with Crippen LogP contribution in [-0.4, -0.2) is 34.9 Å². The average molecular weight is 319 g/mol. The largest absolute Gasteiger partial charge is 0.324 e. The van der Waals surface area contributed by atoms with Crippen molar-refractivity contribution >= 4 is 28.3 Å². The van der Waals surface area contributed by atoms with Crippen LogP contribution >= 0.6 is 11.3 Å². The summed E-state index contributed by atoms with van der Waals surface area (Å²) in [6.45, 7) is 0.763. The number of hydrogen-bond donors (Lipinski definition) is 0. The van der Waals surface area contributed by atoms with Gasteiger partial charge < -0.3 is 4.90 Å². The van der Waals surface area contributed by atoms with Crippen LogP contribution < -0.4 is 4.90 Å². The maximum atomic E-state index is 13.4. The molecule has 114 valence electrons. The van der Waals surface area contributed by atoms with Crippen molar-refractivity contribution in [1.29, 1.82) is 0 Å². The van der Waals surface area contributed by atoms with Crippen molar-refractivity contribution in [3.63, 3.8) is 0 Å².